The first kappa shape index (κ1) is 26.8. The van der Waals surface area contributed by atoms with Crippen molar-refractivity contribution >= 4 is 64.1 Å². The Morgan fingerprint density at radius 2 is 1.30 bits per heavy atom. The Balaban J connectivity index is 2.79. The zero-order valence-electron chi connectivity index (χ0n) is 16.4. The number of carbonyl (C=O) groups excluding carboxylic acids is 3. The largest absolute Gasteiger partial charge is 0.493 e. The Bertz CT molecular complexity index is 1110. The fraction of sp³-hybridized carbons (Fsp3) is 0.211. The van der Waals surface area contributed by atoms with Gasteiger partial charge in [-0.25, -0.2) is 18.4 Å². The summed E-state index contributed by atoms with van der Waals surface area (Å²) < 4.78 is 61.8. The molecule has 178 valence electrons. The van der Waals surface area contributed by atoms with Crippen molar-refractivity contribution in [3.05, 3.63) is 46.8 Å². The van der Waals surface area contributed by atoms with Gasteiger partial charge in [0.15, 0.2) is 34.7 Å². The van der Waals surface area contributed by atoms with Crippen LogP contribution in [-0.4, -0.2) is 41.6 Å². The molecular weight excluding hydrogens is 539 g/mol. The van der Waals surface area contributed by atoms with Gasteiger partial charge in [0.1, 0.15) is 0 Å². The van der Waals surface area contributed by atoms with Crippen molar-refractivity contribution in [1.29, 1.82) is 0 Å². The number of alkyl halides is 4. The third-order valence-electron chi connectivity index (χ3n) is 3.87. The van der Waals surface area contributed by atoms with E-state index in [4.69, 9.17) is 60.6 Å². The third-order valence-corrected chi connectivity index (χ3v) is 4.58. The third kappa shape index (κ3) is 5.75. The van der Waals surface area contributed by atoms with Crippen molar-refractivity contribution in [1.82, 2.24) is 0 Å². The van der Waals surface area contributed by atoms with Gasteiger partial charge >= 0.3 is 11.9 Å². The summed E-state index contributed by atoms with van der Waals surface area (Å²) in [5.41, 5.74) is -1.67. The van der Waals surface area contributed by atoms with Crippen molar-refractivity contribution in [3.63, 3.8) is 0 Å². The highest BCUT2D eigenvalue weighted by Gasteiger charge is 2.32. The van der Waals surface area contributed by atoms with E-state index in [1.165, 1.54) is 0 Å². The van der Waals surface area contributed by atoms with E-state index in [0.717, 1.165) is 26.4 Å². The molecule has 0 N–H and O–H groups in total. The second-order valence-electron chi connectivity index (χ2n) is 5.81. The minimum absolute atomic E-state index is 0.260. The molecule has 14 heteroatoms. The van der Waals surface area contributed by atoms with E-state index >= 15 is 0 Å². The summed E-state index contributed by atoms with van der Waals surface area (Å²) in [6.45, 7) is 0. The molecule has 0 unspecified atom stereocenters. The van der Waals surface area contributed by atoms with E-state index in [1.54, 1.807) is 0 Å². The molecule has 0 aromatic heterocycles. The standard InChI is InChI=1S/C19H11Cl4F3O7/c1-30-9-4-3-6(12(27)7-5-8(24)11(26)15(31-2)10(7)25)13(32-18(28)16(20)21)14(9)33-19(29)17(22)23/h3-5,16-17H,1-2H3. The number of ketones is 1. The predicted molar refractivity (Wildman–Crippen MR) is 112 cm³/mol. The normalized spacial score (nSPS) is 10.9. The molecule has 2 rings (SSSR count). The average molecular weight is 550 g/mol. The van der Waals surface area contributed by atoms with Crippen LogP contribution in [0.5, 0.6) is 23.0 Å². The van der Waals surface area contributed by atoms with Crippen molar-refractivity contribution in [3.8, 4) is 23.0 Å². The molecule has 0 bridgehead atoms. The highest BCUT2D eigenvalue weighted by molar-refractivity contribution is 6.53. The van der Waals surface area contributed by atoms with Gasteiger partial charge in [0, 0.05) is 0 Å². The average Bonchev–Trinajstić information content (AvgIpc) is 2.76. The van der Waals surface area contributed by atoms with E-state index in [-0.39, 0.29) is 11.8 Å². The Labute approximate surface area is 204 Å². The van der Waals surface area contributed by atoms with E-state index in [2.05, 4.69) is 4.74 Å². The molecule has 0 fully saturated rings. The molecular formula is C19H11Cl4F3O7. The molecule has 0 atom stereocenters. The van der Waals surface area contributed by atoms with Crippen LogP contribution in [0.15, 0.2) is 18.2 Å². The molecule has 0 heterocycles. The van der Waals surface area contributed by atoms with Crippen LogP contribution in [-0.2, 0) is 9.59 Å². The zero-order valence-corrected chi connectivity index (χ0v) is 19.4. The number of hydrogen-bond donors (Lipinski definition) is 0. The van der Waals surface area contributed by atoms with Gasteiger partial charge in [0.2, 0.25) is 21.2 Å². The first-order valence-electron chi connectivity index (χ1n) is 8.41. The number of methoxy groups -OCH3 is 2. The Morgan fingerprint density at radius 3 is 1.79 bits per heavy atom. The van der Waals surface area contributed by atoms with Gasteiger partial charge in [0.05, 0.1) is 25.3 Å². The lowest BCUT2D eigenvalue weighted by Gasteiger charge is -2.18. The highest BCUT2D eigenvalue weighted by atomic mass is 35.5. The number of hydrogen-bond acceptors (Lipinski definition) is 7. The summed E-state index contributed by atoms with van der Waals surface area (Å²) in [4.78, 5) is 33.6. The summed E-state index contributed by atoms with van der Waals surface area (Å²) in [7, 11) is 1.98. The Morgan fingerprint density at radius 1 is 0.758 bits per heavy atom. The van der Waals surface area contributed by atoms with Crippen LogP contribution in [0.2, 0.25) is 0 Å². The van der Waals surface area contributed by atoms with E-state index in [0.29, 0.717) is 0 Å². The first-order valence-corrected chi connectivity index (χ1v) is 10.2. The molecule has 33 heavy (non-hydrogen) atoms. The number of benzene rings is 2. The molecule has 0 aliphatic carbocycles. The van der Waals surface area contributed by atoms with Crippen LogP contribution in [0.25, 0.3) is 0 Å². The summed E-state index contributed by atoms with van der Waals surface area (Å²) in [5.74, 6) is -11.7. The summed E-state index contributed by atoms with van der Waals surface area (Å²) in [5, 5.41) is 0. The molecule has 7 nitrogen and oxygen atoms in total. The minimum Gasteiger partial charge on any atom is -0.493 e. The summed E-state index contributed by atoms with van der Waals surface area (Å²) in [6, 6.07) is 2.29. The molecule has 2 aromatic carbocycles. The van der Waals surface area contributed by atoms with Crippen LogP contribution in [0.1, 0.15) is 15.9 Å². The van der Waals surface area contributed by atoms with E-state index in [1.807, 2.05) is 0 Å². The predicted octanol–water partition coefficient (Wildman–Crippen LogP) is 4.77. The Kier molecular flexibility index (Phi) is 9.07. The zero-order chi connectivity index (χ0) is 25.0. The molecule has 0 saturated heterocycles. The van der Waals surface area contributed by atoms with E-state index in [9.17, 15) is 27.6 Å². The molecule has 0 aliphatic rings. The highest BCUT2D eigenvalue weighted by Crippen LogP contribution is 2.42. The van der Waals surface area contributed by atoms with Gasteiger partial charge in [-0.2, -0.15) is 4.39 Å². The van der Waals surface area contributed by atoms with Gasteiger partial charge in [-0.1, -0.05) is 46.4 Å². The molecule has 0 aliphatic heterocycles. The number of carbonyl (C=O) groups is 3. The number of halogens is 7. The first-order chi connectivity index (χ1) is 15.4. The smallest absolute Gasteiger partial charge is 0.345 e. The Hall–Kier alpha value is -2.40. The summed E-state index contributed by atoms with van der Waals surface area (Å²) in [6.07, 6.45) is 0. The maximum Gasteiger partial charge on any atom is 0.345 e. The fourth-order valence-electron chi connectivity index (χ4n) is 2.44. The monoisotopic (exact) mass is 548 g/mol. The lowest BCUT2D eigenvalue weighted by molar-refractivity contribution is -0.135. The number of esters is 2. The van der Waals surface area contributed by atoms with Gasteiger partial charge in [-0.15, -0.1) is 0 Å². The number of rotatable bonds is 8. The van der Waals surface area contributed by atoms with Crippen molar-refractivity contribution in [2.45, 2.75) is 9.67 Å². The van der Waals surface area contributed by atoms with Crippen LogP contribution < -0.4 is 18.9 Å². The van der Waals surface area contributed by atoms with Crippen molar-refractivity contribution < 1.29 is 46.5 Å². The minimum atomic E-state index is -1.77. The van der Waals surface area contributed by atoms with E-state index < -0.39 is 73.2 Å². The van der Waals surface area contributed by atoms with Crippen molar-refractivity contribution in [2.24, 2.45) is 0 Å². The van der Waals surface area contributed by atoms with Gasteiger partial charge in [-0.05, 0) is 18.2 Å². The van der Waals surface area contributed by atoms with Crippen LogP contribution >= 0.6 is 46.4 Å². The van der Waals surface area contributed by atoms with Crippen molar-refractivity contribution in [2.75, 3.05) is 14.2 Å². The quantitative estimate of drug-likeness (QED) is 0.154. The SMILES string of the molecule is COc1ccc(C(=O)c2cc(F)c(F)c(OC)c2F)c(OC(=O)C(Cl)Cl)c1OC(=O)C(Cl)Cl. The molecule has 0 amide bonds. The number of ether oxygens (including phenoxy) is 4. The second-order valence-corrected chi connectivity index (χ2v) is 8.01. The molecule has 2 aromatic rings. The van der Waals surface area contributed by atoms with Crippen LogP contribution in [0.4, 0.5) is 13.2 Å². The second kappa shape index (κ2) is 11.1. The van der Waals surface area contributed by atoms with Gasteiger partial charge in [-0.3, -0.25) is 4.79 Å². The maximum atomic E-state index is 14.7. The molecule has 0 spiro atoms. The topological polar surface area (TPSA) is 88.1 Å². The maximum absolute atomic E-state index is 14.7. The lowest BCUT2D eigenvalue weighted by atomic mass is 10.00. The van der Waals surface area contributed by atoms with Gasteiger partial charge in [0.25, 0.3) is 0 Å². The van der Waals surface area contributed by atoms with Crippen LogP contribution in [0, 0.1) is 17.5 Å². The molecule has 0 saturated carbocycles. The lowest BCUT2D eigenvalue weighted by Crippen LogP contribution is -2.21. The fourth-order valence-corrected chi connectivity index (χ4v) is 2.62. The summed E-state index contributed by atoms with van der Waals surface area (Å²) >= 11 is 21.9. The van der Waals surface area contributed by atoms with Gasteiger partial charge < -0.3 is 18.9 Å². The van der Waals surface area contributed by atoms with Crippen LogP contribution in [0.3, 0.4) is 0 Å². The molecule has 0 radical (unpaired) electrons.